The molecule has 2 N–H and O–H groups in total. The van der Waals surface area contributed by atoms with Gasteiger partial charge in [0, 0.05) is 5.69 Å². The van der Waals surface area contributed by atoms with Crippen molar-refractivity contribution in [3.63, 3.8) is 0 Å². The number of halogens is 1. The summed E-state index contributed by atoms with van der Waals surface area (Å²) >= 11 is 6.22. The number of aryl methyl sites for hydroxylation is 1. The molecule has 0 saturated carbocycles. The molecule has 2 aromatic rings. The third kappa shape index (κ3) is 5.99. The highest BCUT2D eigenvalue weighted by atomic mass is 35.5. The second-order valence-corrected chi connectivity index (χ2v) is 6.31. The Morgan fingerprint density at radius 1 is 1.18 bits per heavy atom. The van der Waals surface area contributed by atoms with Gasteiger partial charge < -0.3 is 14.8 Å². The van der Waals surface area contributed by atoms with Crippen molar-refractivity contribution in [2.75, 3.05) is 19.0 Å². The van der Waals surface area contributed by atoms with Crippen molar-refractivity contribution in [1.29, 1.82) is 0 Å². The van der Waals surface area contributed by atoms with Gasteiger partial charge in [0.15, 0.2) is 11.5 Å². The first-order chi connectivity index (χ1) is 13.4. The van der Waals surface area contributed by atoms with E-state index in [0.717, 1.165) is 12.0 Å². The quantitative estimate of drug-likeness (QED) is 0.420. The van der Waals surface area contributed by atoms with Crippen LogP contribution in [0.4, 0.5) is 5.69 Å². The van der Waals surface area contributed by atoms with E-state index in [1.54, 1.807) is 24.3 Å². The second-order valence-electron chi connectivity index (χ2n) is 5.90. The SMILES string of the molecule is CCCOc1c(Cl)cc(/C=N\NC(=O)C(=O)Nc2ccc(C)cc2)cc1OC. The largest absolute Gasteiger partial charge is 0.493 e. The normalized spacial score (nSPS) is 10.6. The van der Waals surface area contributed by atoms with E-state index in [1.165, 1.54) is 13.3 Å². The van der Waals surface area contributed by atoms with Crippen molar-refractivity contribution >= 4 is 35.3 Å². The standard InChI is InChI=1S/C20H22ClN3O4/c1-4-9-28-18-16(21)10-14(11-17(18)27-3)12-22-24-20(26)19(25)23-15-7-5-13(2)6-8-15/h5-8,10-12H,4,9H2,1-3H3,(H,23,25)(H,24,26)/b22-12-. The molecule has 0 aliphatic carbocycles. The molecule has 7 nitrogen and oxygen atoms in total. The van der Waals surface area contributed by atoms with Gasteiger partial charge in [-0.3, -0.25) is 9.59 Å². The fourth-order valence-corrected chi connectivity index (χ4v) is 2.47. The van der Waals surface area contributed by atoms with Crippen LogP contribution in [0.25, 0.3) is 0 Å². The minimum absolute atomic E-state index is 0.359. The van der Waals surface area contributed by atoms with Gasteiger partial charge in [0.1, 0.15) is 0 Å². The monoisotopic (exact) mass is 403 g/mol. The molecule has 0 aromatic heterocycles. The van der Waals surface area contributed by atoms with Crippen molar-refractivity contribution in [3.8, 4) is 11.5 Å². The zero-order valence-electron chi connectivity index (χ0n) is 15.9. The molecular formula is C20H22ClN3O4. The van der Waals surface area contributed by atoms with Crippen LogP contribution in [-0.2, 0) is 9.59 Å². The summed E-state index contributed by atoms with van der Waals surface area (Å²) in [7, 11) is 1.50. The van der Waals surface area contributed by atoms with Gasteiger partial charge >= 0.3 is 11.8 Å². The van der Waals surface area contributed by atoms with Gasteiger partial charge in [-0.15, -0.1) is 0 Å². The van der Waals surface area contributed by atoms with Crippen LogP contribution in [0.15, 0.2) is 41.5 Å². The van der Waals surface area contributed by atoms with Crippen LogP contribution in [0.3, 0.4) is 0 Å². The number of hydrazone groups is 1. The zero-order chi connectivity index (χ0) is 20.5. The van der Waals surface area contributed by atoms with Gasteiger partial charge in [-0.1, -0.05) is 36.2 Å². The Morgan fingerprint density at radius 2 is 1.89 bits per heavy atom. The molecule has 0 aliphatic rings. The average molecular weight is 404 g/mol. The summed E-state index contributed by atoms with van der Waals surface area (Å²) in [6, 6.07) is 10.4. The minimum Gasteiger partial charge on any atom is -0.493 e. The number of methoxy groups -OCH3 is 1. The van der Waals surface area contributed by atoms with Crippen LogP contribution in [0.1, 0.15) is 24.5 Å². The lowest BCUT2D eigenvalue weighted by molar-refractivity contribution is -0.136. The average Bonchev–Trinajstić information content (AvgIpc) is 2.68. The predicted octanol–water partition coefficient (Wildman–Crippen LogP) is 3.53. The number of anilines is 1. The summed E-state index contributed by atoms with van der Waals surface area (Å²) in [5.41, 5.74) is 4.32. The molecule has 0 fully saturated rings. The summed E-state index contributed by atoms with van der Waals surface area (Å²) in [5.74, 6) is -0.812. The smallest absolute Gasteiger partial charge is 0.329 e. The molecule has 0 heterocycles. The number of benzene rings is 2. The topological polar surface area (TPSA) is 89.0 Å². The Kier molecular flexibility index (Phi) is 7.83. The van der Waals surface area contributed by atoms with E-state index in [-0.39, 0.29) is 0 Å². The predicted molar refractivity (Wildman–Crippen MR) is 109 cm³/mol. The van der Waals surface area contributed by atoms with E-state index in [0.29, 0.717) is 34.4 Å². The highest BCUT2D eigenvalue weighted by Crippen LogP contribution is 2.36. The number of hydrogen-bond acceptors (Lipinski definition) is 5. The zero-order valence-corrected chi connectivity index (χ0v) is 16.7. The third-order valence-corrected chi connectivity index (χ3v) is 3.88. The van der Waals surface area contributed by atoms with E-state index >= 15 is 0 Å². The number of rotatable bonds is 7. The molecule has 0 aliphatic heterocycles. The van der Waals surface area contributed by atoms with Gasteiger partial charge in [0.05, 0.1) is 25.0 Å². The van der Waals surface area contributed by atoms with Crippen molar-refractivity contribution < 1.29 is 19.1 Å². The maximum Gasteiger partial charge on any atom is 0.329 e. The van der Waals surface area contributed by atoms with Gasteiger partial charge in [0.2, 0.25) is 0 Å². The van der Waals surface area contributed by atoms with Crippen molar-refractivity contribution in [2.45, 2.75) is 20.3 Å². The lowest BCUT2D eigenvalue weighted by Crippen LogP contribution is -2.32. The van der Waals surface area contributed by atoms with Crippen LogP contribution in [0.5, 0.6) is 11.5 Å². The molecule has 0 unspecified atom stereocenters. The third-order valence-electron chi connectivity index (χ3n) is 3.60. The molecular weight excluding hydrogens is 382 g/mol. The molecule has 2 rings (SSSR count). The molecule has 0 atom stereocenters. The fourth-order valence-electron chi connectivity index (χ4n) is 2.20. The summed E-state index contributed by atoms with van der Waals surface area (Å²) in [5, 5.41) is 6.63. The molecule has 0 saturated heterocycles. The van der Waals surface area contributed by atoms with Crippen LogP contribution < -0.4 is 20.2 Å². The molecule has 8 heteroatoms. The Hall–Kier alpha value is -3.06. The summed E-state index contributed by atoms with van der Waals surface area (Å²) in [4.78, 5) is 23.7. The van der Waals surface area contributed by atoms with Gasteiger partial charge in [-0.2, -0.15) is 5.10 Å². The number of hydrogen-bond donors (Lipinski definition) is 2. The van der Waals surface area contributed by atoms with Crippen molar-refractivity contribution in [2.24, 2.45) is 5.10 Å². The number of amides is 2. The lowest BCUT2D eigenvalue weighted by atomic mass is 10.2. The van der Waals surface area contributed by atoms with Crippen LogP contribution in [-0.4, -0.2) is 31.7 Å². The van der Waals surface area contributed by atoms with Crippen molar-refractivity contribution in [3.05, 3.63) is 52.5 Å². The first-order valence-electron chi connectivity index (χ1n) is 8.66. The number of ether oxygens (including phenoxy) is 2. The summed E-state index contributed by atoms with van der Waals surface area (Å²) < 4.78 is 10.9. The van der Waals surface area contributed by atoms with Crippen LogP contribution in [0, 0.1) is 6.92 Å². The lowest BCUT2D eigenvalue weighted by Gasteiger charge is -2.12. The summed E-state index contributed by atoms with van der Waals surface area (Å²) in [6.45, 7) is 4.42. The van der Waals surface area contributed by atoms with Gasteiger partial charge in [-0.25, -0.2) is 5.43 Å². The first-order valence-corrected chi connectivity index (χ1v) is 9.03. The highest BCUT2D eigenvalue weighted by Gasteiger charge is 2.13. The van der Waals surface area contributed by atoms with Crippen molar-refractivity contribution in [1.82, 2.24) is 5.43 Å². The van der Waals surface area contributed by atoms with Crippen LogP contribution in [0.2, 0.25) is 5.02 Å². The van der Waals surface area contributed by atoms with E-state index in [1.807, 2.05) is 26.0 Å². The maximum atomic E-state index is 11.9. The molecule has 148 valence electrons. The molecule has 0 spiro atoms. The number of carbonyl (C=O) groups excluding carboxylic acids is 2. The van der Waals surface area contributed by atoms with Gasteiger partial charge in [0.25, 0.3) is 0 Å². The van der Waals surface area contributed by atoms with E-state index in [2.05, 4.69) is 15.8 Å². The second kappa shape index (κ2) is 10.3. The molecule has 2 amide bonds. The maximum absolute atomic E-state index is 11.9. The van der Waals surface area contributed by atoms with E-state index in [4.69, 9.17) is 21.1 Å². The Morgan fingerprint density at radius 3 is 2.54 bits per heavy atom. The molecule has 0 radical (unpaired) electrons. The van der Waals surface area contributed by atoms with Crippen LogP contribution >= 0.6 is 11.6 Å². The number of carbonyl (C=O) groups is 2. The number of nitrogens with one attached hydrogen (secondary N) is 2. The Bertz CT molecular complexity index is 866. The highest BCUT2D eigenvalue weighted by molar-refractivity contribution is 6.39. The minimum atomic E-state index is -0.891. The Balaban J connectivity index is 1.99. The first kappa shape index (κ1) is 21.2. The van der Waals surface area contributed by atoms with E-state index < -0.39 is 11.8 Å². The van der Waals surface area contributed by atoms with E-state index in [9.17, 15) is 9.59 Å². The molecule has 2 aromatic carbocycles. The molecule has 28 heavy (non-hydrogen) atoms. The fraction of sp³-hybridized carbons (Fsp3) is 0.250. The summed E-state index contributed by atoms with van der Waals surface area (Å²) in [6.07, 6.45) is 2.19. The molecule has 0 bridgehead atoms. The number of nitrogens with zero attached hydrogens (tertiary/aromatic N) is 1. The van der Waals surface area contributed by atoms with Gasteiger partial charge in [-0.05, 0) is 43.2 Å². The Labute approximate surface area is 168 Å².